The number of carbonyl (C=O) groups is 1. The first kappa shape index (κ1) is 16.3. The summed E-state index contributed by atoms with van der Waals surface area (Å²) in [6.45, 7) is 0.604. The molecule has 1 N–H and O–H groups in total. The summed E-state index contributed by atoms with van der Waals surface area (Å²) in [6, 6.07) is 10.6. The highest BCUT2D eigenvalue weighted by Gasteiger charge is 2.54. The van der Waals surface area contributed by atoms with Gasteiger partial charge < -0.3 is 28.8 Å². The molecule has 4 atom stereocenters. The number of rotatable bonds is 3. The summed E-state index contributed by atoms with van der Waals surface area (Å²) in [4.78, 5) is 12.6. The lowest BCUT2D eigenvalue weighted by Gasteiger charge is -2.16. The number of fused-ring (bicyclic) bond motifs is 2. The van der Waals surface area contributed by atoms with Crippen molar-refractivity contribution in [3.8, 4) is 23.0 Å². The second-order valence-corrected chi connectivity index (χ2v) is 6.85. The molecule has 0 aliphatic carbocycles. The number of hydrogen-bond donors (Lipinski definition) is 1. The van der Waals surface area contributed by atoms with E-state index in [9.17, 15) is 9.90 Å². The third kappa shape index (κ3) is 2.49. The number of phenolic OH excluding ortho intramolecular Hbond substituents is 1. The minimum atomic E-state index is -0.434. The van der Waals surface area contributed by atoms with Crippen molar-refractivity contribution in [2.45, 2.75) is 12.2 Å². The Kier molecular flexibility index (Phi) is 3.65. The van der Waals surface area contributed by atoms with E-state index < -0.39 is 12.0 Å². The van der Waals surface area contributed by atoms with Crippen LogP contribution in [0.2, 0.25) is 0 Å². The first-order chi connectivity index (χ1) is 13.2. The van der Waals surface area contributed by atoms with E-state index in [4.69, 9.17) is 23.7 Å². The minimum absolute atomic E-state index is 0.0445. The first-order valence-corrected chi connectivity index (χ1v) is 8.74. The zero-order valence-corrected chi connectivity index (χ0v) is 14.6. The number of methoxy groups -OCH3 is 1. The van der Waals surface area contributed by atoms with Gasteiger partial charge in [-0.25, -0.2) is 0 Å². The Morgan fingerprint density at radius 3 is 2.67 bits per heavy atom. The molecule has 0 bridgehead atoms. The van der Waals surface area contributed by atoms with Gasteiger partial charge in [0.1, 0.15) is 6.10 Å². The number of aromatic hydroxyl groups is 1. The van der Waals surface area contributed by atoms with E-state index in [2.05, 4.69) is 0 Å². The van der Waals surface area contributed by atoms with Gasteiger partial charge in [0.25, 0.3) is 0 Å². The number of ether oxygens (including phenoxy) is 5. The van der Waals surface area contributed by atoms with Crippen LogP contribution in [0.4, 0.5) is 0 Å². The Labute approximate surface area is 155 Å². The summed E-state index contributed by atoms with van der Waals surface area (Å²) in [5.74, 6) is 0.956. The highest BCUT2D eigenvalue weighted by molar-refractivity contribution is 5.77. The Bertz CT molecular complexity index is 900. The van der Waals surface area contributed by atoms with Crippen LogP contribution in [0.25, 0.3) is 0 Å². The molecule has 0 radical (unpaired) electrons. The number of carbonyl (C=O) groups excluding carboxylic acids is 1. The first-order valence-electron chi connectivity index (χ1n) is 8.74. The van der Waals surface area contributed by atoms with Crippen LogP contribution >= 0.6 is 0 Å². The van der Waals surface area contributed by atoms with Gasteiger partial charge in [0.15, 0.2) is 23.0 Å². The summed E-state index contributed by atoms with van der Waals surface area (Å²) < 4.78 is 27.6. The van der Waals surface area contributed by atoms with Gasteiger partial charge >= 0.3 is 5.97 Å². The molecular formula is C20H18O7. The van der Waals surface area contributed by atoms with Crippen LogP contribution in [0.15, 0.2) is 36.4 Å². The van der Waals surface area contributed by atoms with Crippen LogP contribution < -0.4 is 14.2 Å². The zero-order valence-electron chi connectivity index (χ0n) is 14.6. The van der Waals surface area contributed by atoms with E-state index >= 15 is 0 Å². The summed E-state index contributed by atoms with van der Waals surface area (Å²) in [5, 5.41) is 9.81. The second-order valence-electron chi connectivity index (χ2n) is 6.85. The van der Waals surface area contributed by atoms with Gasteiger partial charge in [-0.3, -0.25) is 4.79 Å². The highest BCUT2D eigenvalue weighted by atomic mass is 16.7. The fraction of sp³-hybridized carbons (Fsp3) is 0.350. The molecule has 2 fully saturated rings. The van der Waals surface area contributed by atoms with Crippen molar-refractivity contribution in [1.29, 1.82) is 0 Å². The Morgan fingerprint density at radius 1 is 1.04 bits per heavy atom. The number of esters is 1. The second kappa shape index (κ2) is 6.06. The fourth-order valence-corrected chi connectivity index (χ4v) is 4.09. The van der Waals surface area contributed by atoms with Crippen molar-refractivity contribution in [3.63, 3.8) is 0 Å². The number of benzene rings is 2. The number of cyclic esters (lactones) is 1. The molecule has 3 heterocycles. The van der Waals surface area contributed by atoms with Gasteiger partial charge in [-0.05, 0) is 35.4 Å². The monoisotopic (exact) mass is 370 g/mol. The van der Waals surface area contributed by atoms with Crippen LogP contribution in [0, 0.1) is 11.8 Å². The van der Waals surface area contributed by atoms with Gasteiger partial charge in [0.05, 0.1) is 25.7 Å². The maximum absolute atomic E-state index is 12.6. The predicted molar refractivity (Wildman–Crippen MR) is 91.7 cm³/mol. The topological polar surface area (TPSA) is 83.5 Å². The lowest BCUT2D eigenvalue weighted by molar-refractivity contribution is -0.148. The third-order valence-electron chi connectivity index (χ3n) is 5.42. The average molecular weight is 370 g/mol. The smallest absolute Gasteiger partial charge is 0.313 e. The van der Waals surface area contributed by atoms with Crippen LogP contribution in [-0.2, 0) is 14.3 Å². The molecule has 2 aromatic carbocycles. The highest BCUT2D eigenvalue weighted by Crippen LogP contribution is 2.52. The van der Waals surface area contributed by atoms with E-state index in [1.165, 1.54) is 7.11 Å². The van der Waals surface area contributed by atoms with Crippen molar-refractivity contribution in [1.82, 2.24) is 0 Å². The van der Waals surface area contributed by atoms with Crippen molar-refractivity contribution in [2.24, 2.45) is 11.8 Å². The van der Waals surface area contributed by atoms with Crippen molar-refractivity contribution in [3.05, 3.63) is 47.5 Å². The van der Waals surface area contributed by atoms with E-state index in [0.717, 1.165) is 11.1 Å². The van der Waals surface area contributed by atoms with E-state index in [0.29, 0.717) is 23.9 Å². The molecule has 3 aliphatic rings. The summed E-state index contributed by atoms with van der Waals surface area (Å²) in [5.41, 5.74) is 1.65. The Morgan fingerprint density at radius 2 is 1.81 bits per heavy atom. The summed E-state index contributed by atoms with van der Waals surface area (Å²) in [7, 11) is 1.48. The molecule has 27 heavy (non-hydrogen) atoms. The van der Waals surface area contributed by atoms with Gasteiger partial charge in [-0.15, -0.1) is 0 Å². The molecule has 0 spiro atoms. The quantitative estimate of drug-likeness (QED) is 0.832. The molecule has 7 heteroatoms. The maximum Gasteiger partial charge on any atom is 0.313 e. The minimum Gasteiger partial charge on any atom is -0.504 e. The van der Waals surface area contributed by atoms with Crippen molar-refractivity contribution >= 4 is 5.97 Å². The van der Waals surface area contributed by atoms with Crippen LogP contribution in [0.5, 0.6) is 23.0 Å². The van der Waals surface area contributed by atoms with Gasteiger partial charge in [0.2, 0.25) is 6.79 Å². The fourth-order valence-electron chi connectivity index (χ4n) is 4.09. The molecule has 0 amide bonds. The normalized spacial score (nSPS) is 28.1. The molecule has 0 unspecified atom stereocenters. The van der Waals surface area contributed by atoms with Gasteiger partial charge in [-0.2, -0.15) is 0 Å². The molecule has 140 valence electrons. The molecule has 7 nitrogen and oxygen atoms in total. The lowest BCUT2D eigenvalue weighted by Crippen LogP contribution is -2.17. The van der Waals surface area contributed by atoms with E-state index in [-0.39, 0.29) is 30.5 Å². The molecule has 5 rings (SSSR count). The van der Waals surface area contributed by atoms with Crippen LogP contribution in [0.3, 0.4) is 0 Å². The SMILES string of the molecule is COc1cc([C@H]2OC[C@@H]3[C@@H]2C(=O)O[C@H]3c2ccc3c(c2)OCO3)ccc1O. The maximum atomic E-state index is 12.6. The molecule has 3 aliphatic heterocycles. The lowest BCUT2D eigenvalue weighted by atomic mass is 9.84. The molecule has 0 aromatic heterocycles. The summed E-state index contributed by atoms with van der Waals surface area (Å²) in [6.07, 6.45) is -0.822. The zero-order chi connectivity index (χ0) is 18.5. The predicted octanol–water partition coefficient (Wildman–Crippen LogP) is 2.73. The number of hydrogen-bond acceptors (Lipinski definition) is 7. The van der Waals surface area contributed by atoms with E-state index in [1.54, 1.807) is 18.2 Å². The Hall–Kier alpha value is -2.93. The van der Waals surface area contributed by atoms with Crippen molar-refractivity contribution in [2.75, 3.05) is 20.5 Å². The summed E-state index contributed by atoms with van der Waals surface area (Å²) >= 11 is 0. The largest absolute Gasteiger partial charge is 0.504 e. The molecule has 2 saturated heterocycles. The average Bonchev–Trinajstić information content (AvgIpc) is 3.38. The van der Waals surface area contributed by atoms with Crippen molar-refractivity contribution < 1.29 is 33.6 Å². The number of phenols is 1. The third-order valence-corrected chi connectivity index (χ3v) is 5.42. The molecule has 0 saturated carbocycles. The molecule has 2 aromatic rings. The van der Waals surface area contributed by atoms with Gasteiger partial charge in [-0.1, -0.05) is 12.1 Å². The van der Waals surface area contributed by atoms with E-state index in [1.807, 2.05) is 18.2 Å². The Balaban J connectivity index is 1.44. The standard InChI is InChI=1S/C20H18O7/c1-23-15-6-11(2-4-13(15)21)19-17-12(8-24-19)18(27-20(17)22)10-3-5-14-16(7-10)26-9-25-14/h2-7,12,17-19,21H,8-9H2,1H3/t12-,17+,18+,19-/m1/s1. The van der Waals surface area contributed by atoms with Gasteiger partial charge in [0, 0.05) is 5.92 Å². The van der Waals surface area contributed by atoms with Crippen LogP contribution in [-0.4, -0.2) is 31.6 Å². The molecular weight excluding hydrogens is 352 g/mol. The van der Waals surface area contributed by atoms with Crippen LogP contribution in [0.1, 0.15) is 23.3 Å².